The highest BCUT2D eigenvalue weighted by Crippen LogP contribution is 2.19. The summed E-state index contributed by atoms with van der Waals surface area (Å²) in [5, 5.41) is 4.01. The van der Waals surface area contributed by atoms with Crippen LogP contribution in [0, 0.1) is 0 Å². The Morgan fingerprint density at radius 1 is 1.14 bits per heavy atom. The summed E-state index contributed by atoms with van der Waals surface area (Å²) in [4.78, 5) is 15.8. The van der Waals surface area contributed by atoms with Gasteiger partial charge < -0.3 is 10.3 Å². The number of rotatable bonds is 7. The molecule has 3 aromatic rings. The number of carbonyl (C=O) groups is 1. The minimum Gasteiger partial charge on any atom is -0.361 e. The van der Waals surface area contributed by atoms with E-state index in [4.69, 9.17) is 0 Å². The molecule has 148 valence electrons. The number of hydrogen-bond acceptors (Lipinski definition) is 3. The number of sulfonamides is 1. The van der Waals surface area contributed by atoms with E-state index >= 15 is 0 Å². The highest BCUT2D eigenvalue weighted by atomic mass is 32.2. The van der Waals surface area contributed by atoms with Crippen LogP contribution in [0.15, 0.2) is 59.6 Å². The summed E-state index contributed by atoms with van der Waals surface area (Å²) in [7, 11) is -2.09. The molecule has 0 spiro atoms. The highest BCUT2D eigenvalue weighted by molar-refractivity contribution is 7.89. The van der Waals surface area contributed by atoms with Gasteiger partial charge in [-0.25, -0.2) is 8.42 Å². The molecule has 0 unspecified atom stereocenters. The van der Waals surface area contributed by atoms with E-state index in [1.807, 2.05) is 30.5 Å². The van der Waals surface area contributed by atoms with E-state index in [1.165, 1.54) is 23.5 Å². The Morgan fingerprint density at radius 3 is 2.64 bits per heavy atom. The molecule has 0 fully saturated rings. The van der Waals surface area contributed by atoms with Crippen molar-refractivity contribution in [3.8, 4) is 0 Å². The first-order valence-electron chi connectivity index (χ1n) is 9.22. The van der Waals surface area contributed by atoms with E-state index in [-0.39, 0.29) is 16.8 Å². The molecule has 0 saturated carbocycles. The van der Waals surface area contributed by atoms with Crippen molar-refractivity contribution in [2.45, 2.75) is 31.2 Å². The van der Waals surface area contributed by atoms with Crippen LogP contribution >= 0.6 is 0 Å². The van der Waals surface area contributed by atoms with E-state index in [0.29, 0.717) is 18.5 Å². The smallest absolute Gasteiger partial charge is 0.251 e. The van der Waals surface area contributed by atoms with Crippen LogP contribution in [0.3, 0.4) is 0 Å². The molecule has 0 aliphatic heterocycles. The molecule has 6 nitrogen and oxygen atoms in total. The fraction of sp³-hybridized carbons (Fsp3) is 0.286. The van der Waals surface area contributed by atoms with Crippen molar-refractivity contribution in [1.29, 1.82) is 0 Å². The summed E-state index contributed by atoms with van der Waals surface area (Å²) < 4.78 is 26.6. The molecule has 0 radical (unpaired) electrons. The summed E-state index contributed by atoms with van der Waals surface area (Å²) in [6.45, 7) is 4.07. The van der Waals surface area contributed by atoms with E-state index in [1.54, 1.807) is 26.0 Å². The van der Waals surface area contributed by atoms with Gasteiger partial charge in [-0.3, -0.25) is 4.79 Å². The van der Waals surface area contributed by atoms with Crippen LogP contribution < -0.4 is 5.32 Å². The van der Waals surface area contributed by atoms with Gasteiger partial charge in [-0.15, -0.1) is 0 Å². The number of nitrogens with one attached hydrogen (secondary N) is 2. The molecule has 0 aliphatic rings. The number of hydrogen-bond donors (Lipinski definition) is 2. The van der Waals surface area contributed by atoms with Gasteiger partial charge in [0.1, 0.15) is 0 Å². The van der Waals surface area contributed by atoms with Gasteiger partial charge in [-0.2, -0.15) is 4.31 Å². The minimum absolute atomic E-state index is 0.118. The van der Waals surface area contributed by atoms with Gasteiger partial charge in [0.05, 0.1) is 4.90 Å². The van der Waals surface area contributed by atoms with Crippen LogP contribution in [0.2, 0.25) is 0 Å². The zero-order valence-electron chi connectivity index (χ0n) is 16.3. The van der Waals surface area contributed by atoms with E-state index in [0.717, 1.165) is 16.5 Å². The van der Waals surface area contributed by atoms with Crippen molar-refractivity contribution in [2.24, 2.45) is 0 Å². The van der Waals surface area contributed by atoms with Gasteiger partial charge in [0, 0.05) is 42.3 Å². The number of carbonyl (C=O) groups excluding carboxylic acids is 1. The Labute approximate surface area is 165 Å². The third kappa shape index (κ3) is 4.10. The predicted molar refractivity (Wildman–Crippen MR) is 111 cm³/mol. The molecule has 0 bridgehead atoms. The summed E-state index contributed by atoms with van der Waals surface area (Å²) in [5.41, 5.74) is 2.53. The Morgan fingerprint density at radius 2 is 1.89 bits per heavy atom. The first-order chi connectivity index (χ1) is 13.3. The van der Waals surface area contributed by atoms with Gasteiger partial charge in [-0.05, 0) is 50.1 Å². The zero-order valence-corrected chi connectivity index (χ0v) is 17.1. The standard InChI is InChI=1S/C21H25N3O3S/c1-15(2)24(3)28(26,27)18-8-6-7-16(13-18)21(25)22-12-11-17-14-23-20-10-5-4-9-19(17)20/h4-10,13-15,23H,11-12H2,1-3H3,(H,22,25). The summed E-state index contributed by atoms with van der Waals surface area (Å²) >= 11 is 0. The summed E-state index contributed by atoms with van der Waals surface area (Å²) in [6, 6.07) is 14.0. The van der Waals surface area contributed by atoms with Gasteiger partial charge in [0.15, 0.2) is 0 Å². The second-order valence-electron chi connectivity index (χ2n) is 7.01. The Kier molecular flexibility index (Phi) is 5.86. The molecule has 3 rings (SSSR count). The maximum atomic E-state index is 12.6. The first-order valence-corrected chi connectivity index (χ1v) is 10.7. The number of aromatic amines is 1. The minimum atomic E-state index is -3.63. The Hall–Kier alpha value is -2.64. The van der Waals surface area contributed by atoms with Crippen molar-refractivity contribution < 1.29 is 13.2 Å². The number of para-hydroxylation sites is 1. The molecule has 0 atom stereocenters. The van der Waals surface area contributed by atoms with Gasteiger partial charge in [0.25, 0.3) is 5.91 Å². The second-order valence-corrected chi connectivity index (χ2v) is 9.01. The second kappa shape index (κ2) is 8.16. The summed E-state index contributed by atoms with van der Waals surface area (Å²) in [6.07, 6.45) is 2.63. The maximum Gasteiger partial charge on any atom is 0.251 e. The molecule has 1 amide bonds. The number of aromatic nitrogens is 1. The lowest BCUT2D eigenvalue weighted by Gasteiger charge is -2.21. The average molecular weight is 400 g/mol. The molecule has 28 heavy (non-hydrogen) atoms. The molecular formula is C21H25N3O3S. The Bertz CT molecular complexity index is 1090. The van der Waals surface area contributed by atoms with Crippen LogP contribution in [-0.2, 0) is 16.4 Å². The van der Waals surface area contributed by atoms with Crippen molar-refractivity contribution in [3.63, 3.8) is 0 Å². The lowest BCUT2D eigenvalue weighted by atomic mass is 10.1. The fourth-order valence-electron chi connectivity index (χ4n) is 2.99. The quantitative estimate of drug-likeness (QED) is 0.640. The number of benzene rings is 2. The van der Waals surface area contributed by atoms with E-state index < -0.39 is 10.0 Å². The zero-order chi connectivity index (χ0) is 20.3. The normalized spacial score (nSPS) is 12.0. The SMILES string of the molecule is CC(C)N(C)S(=O)(=O)c1cccc(C(=O)NCCc2c[nH]c3ccccc23)c1. The summed E-state index contributed by atoms with van der Waals surface area (Å²) in [5.74, 6) is -0.288. The van der Waals surface area contributed by atoms with Gasteiger partial charge >= 0.3 is 0 Å². The molecule has 2 N–H and O–H groups in total. The predicted octanol–water partition coefficient (Wildman–Crippen LogP) is 3.17. The van der Waals surface area contributed by atoms with Crippen LogP contribution in [0.25, 0.3) is 10.9 Å². The molecule has 0 saturated heterocycles. The third-order valence-electron chi connectivity index (χ3n) is 4.86. The van der Waals surface area contributed by atoms with Crippen molar-refractivity contribution in [2.75, 3.05) is 13.6 Å². The van der Waals surface area contributed by atoms with E-state index in [2.05, 4.69) is 10.3 Å². The van der Waals surface area contributed by atoms with Crippen LogP contribution in [0.1, 0.15) is 29.8 Å². The number of amides is 1. The third-order valence-corrected chi connectivity index (χ3v) is 6.88. The topological polar surface area (TPSA) is 82.3 Å². The molecule has 1 aromatic heterocycles. The number of fused-ring (bicyclic) bond motifs is 1. The highest BCUT2D eigenvalue weighted by Gasteiger charge is 2.23. The first kappa shape index (κ1) is 20.1. The van der Waals surface area contributed by atoms with Crippen LogP contribution in [-0.4, -0.2) is 43.2 Å². The fourth-order valence-corrected chi connectivity index (χ4v) is 4.41. The lowest BCUT2D eigenvalue weighted by molar-refractivity contribution is 0.0954. The largest absolute Gasteiger partial charge is 0.361 e. The van der Waals surface area contributed by atoms with Crippen LogP contribution in [0.4, 0.5) is 0 Å². The van der Waals surface area contributed by atoms with Crippen LogP contribution in [0.5, 0.6) is 0 Å². The molecule has 1 heterocycles. The molecule has 7 heteroatoms. The van der Waals surface area contributed by atoms with Crippen molar-refractivity contribution in [1.82, 2.24) is 14.6 Å². The number of H-pyrrole nitrogens is 1. The van der Waals surface area contributed by atoms with E-state index in [9.17, 15) is 13.2 Å². The number of nitrogens with zero attached hydrogens (tertiary/aromatic N) is 1. The molecule has 2 aromatic carbocycles. The monoisotopic (exact) mass is 399 g/mol. The van der Waals surface area contributed by atoms with Crippen molar-refractivity contribution in [3.05, 3.63) is 65.9 Å². The van der Waals surface area contributed by atoms with Gasteiger partial charge in [0.2, 0.25) is 10.0 Å². The lowest BCUT2D eigenvalue weighted by Crippen LogP contribution is -2.33. The Balaban J connectivity index is 1.68. The average Bonchev–Trinajstić information content (AvgIpc) is 3.10. The van der Waals surface area contributed by atoms with Gasteiger partial charge in [-0.1, -0.05) is 24.3 Å². The molecular weight excluding hydrogens is 374 g/mol. The molecule has 0 aliphatic carbocycles. The van der Waals surface area contributed by atoms with Crippen molar-refractivity contribution >= 4 is 26.8 Å². The maximum absolute atomic E-state index is 12.6.